The maximum absolute atomic E-state index is 11.8. The van der Waals surface area contributed by atoms with Gasteiger partial charge in [0.25, 0.3) is 0 Å². The highest BCUT2D eigenvalue weighted by Gasteiger charge is 2.14. The molecular weight excluding hydrogens is 224 g/mol. The number of amides is 1. The third kappa shape index (κ3) is 5.32. The lowest BCUT2D eigenvalue weighted by atomic mass is 10.2. The molecule has 0 heterocycles. The van der Waals surface area contributed by atoms with E-state index in [9.17, 15) is 4.79 Å². The normalized spacial score (nSPS) is 11.3. The smallest absolute Gasteiger partial charge is 0.234 e. The first kappa shape index (κ1) is 14.7. The summed E-state index contributed by atoms with van der Waals surface area (Å²) in [6.45, 7) is 9.45. The molecule has 0 spiro atoms. The van der Waals surface area contributed by atoms with E-state index in [0.717, 1.165) is 6.54 Å². The minimum atomic E-state index is 0.0923. The van der Waals surface area contributed by atoms with Gasteiger partial charge in [0.2, 0.25) is 5.91 Å². The lowest BCUT2D eigenvalue weighted by Gasteiger charge is -2.26. The highest BCUT2D eigenvalue weighted by molar-refractivity contribution is 5.78. The Labute approximate surface area is 110 Å². The molecule has 0 aliphatic heterocycles. The lowest BCUT2D eigenvalue weighted by molar-refractivity contribution is -0.123. The van der Waals surface area contributed by atoms with Crippen molar-refractivity contribution in [1.29, 1.82) is 0 Å². The standard InChI is InChI=1S/C15H24N2O/c1-12(2)16-15(18)11-17(13(3)4)10-14-8-6-5-7-9-14/h5-9,12-13H,10-11H2,1-4H3,(H,16,18). The van der Waals surface area contributed by atoms with Crippen LogP contribution in [-0.4, -0.2) is 29.4 Å². The van der Waals surface area contributed by atoms with Crippen molar-refractivity contribution in [3.8, 4) is 0 Å². The predicted octanol–water partition coefficient (Wildman–Crippen LogP) is 2.42. The molecule has 1 aromatic rings. The Hall–Kier alpha value is -1.35. The molecule has 0 fully saturated rings. The predicted molar refractivity (Wildman–Crippen MR) is 75.3 cm³/mol. The molecule has 1 N–H and O–H groups in total. The number of nitrogens with zero attached hydrogens (tertiary/aromatic N) is 1. The number of nitrogens with one attached hydrogen (secondary N) is 1. The van der Waals surface area contributed by atoms with E-state index in [1.807, 2.05) is 32.0 Å². The molecule has 3 nitrogen and oxygen atoms in total. The molecule has 1 aromatic carbocycles. The summed E-state index contributed by atoms with van der Waals surface area (Å²) in [5.74, 6) is 0.0923. The van der Waals surface area contributed by atoms with E-state index in [2.05, 4.69) is 36.2 Å². The van der Waals surface area contributed by atoms with E-state index in [0.29, 0.717) is 12.6 Å². The largest absolute Gasteiger partial charge is 0.353 e. The SMILES string of the molecule is CC(C)NC(=O)CN(Cc1ccccc1)C(C)C. The van der Waals surface area contributed by atoms with Crippen molar-refractivity contribution in [2.45, 2.75) is 46.3 Å². The van der Waals surface area contributed by atoms with Crippen molar-refractivity contribution in [1.82, 2.24) is 10.2 Å². The van der Waals surface area contributed by atoms with Crippen LogP contribution in [0.2, 0.25) is 0 Å². The first-order valence-corrected chi connectivity index (χ1v) is 6.56. The fraction of sp³-hybridized carbons (Fsp3) is 0.533. The fourth-order valence-electron chi connectivity index (χ4n) is 1.79. The van der Waals surface area contributed by atoms with E-state index >= 15 is 0 Å². The summed E-state index contributed by atoms with van der Waals surface area (Å²) in [6, 6.07) is 10.8. The van der Waals surface area contributed by atoms with Gasteiger partial charge in [-0.3, -0.25) is 9.69 Å². The number of benzene rings is 1. The summed E-state index contributed by atoms with van der Waals surface area (Å²) in [5, 5.41) is 2.93. The van der Waals surface area contributed by atoms with E-state index < -0.39 is 0 Å². The van der Waals surface area contributed by atoms with Crippen LogP contribution >= 0.6 is 0 Å². The molecule has 0 aromatic heterocycles. The summed E-state index contributed by atoms with van der Waals surface area (Å²) in [7, 11) is 0. The Balaban J connectivity index is 2.58. The Morgan fingerprint density at radius 3 is 2.28 bits per heavy atom. The molecule has 0 unspecified atom stereocenters. The summed E-state index contributed by atoms with van der Waals surface area (Å²) in [4.78, 5) is 14.0. The molecule has 0 radical (unpaired) electrons. The molecule has 0 saturated heterocycles. The first-order valence-electron chi connectivity index (χ1n) is 6.56. The minimum Gasteiger partial charge on any atom is -0.353 e. The van der Waals surface area contributed by atoms with Crippen LogP contribution in [0.25, 0.3) is 0 Å². The summed E-state index contributed by atoms with van der Waals surface area (Å²) in [5.41, 5.74) is 1.24. The van der Waals surface area contributed by atoms with Crippen LogP contribution in [0.5, 0.6) is 0 Å². The van der Waals surface area contributed by atoms with Crippen LogP contribution < -0.4 is 5.32 Å². The van der Waals surface area contributed by atoms with Crippen molar-refractivity contribution in [2.24, 2.45) is 0 Å². The molecule has 1 amide bonds. The van der Waals surface area contributed by atoms with Crippen LogP contribution in [0, 0.1) is 0 Å². The summed E-state index contributed by atoms with van der Waals surface area (Å²) < 4.78 is 0. The van der Waals surface area contributed by atoms with Crippen molar-refractivity contribution in [3.63, 3.8) is 0 Å². The van der Waals surface area contributed by atoms with E-state index in [4.69, 9.17) is 0 Å². The van der Waals surface area contributed by atoms with E-state index in [-0.39, 0.29) is 11.9 Å². The highest BCUT2D eigenvalue weighted by Crippen LogP contribution is 2.07. The second kappa shape index (κ2) is 7.17. The third-order valence-corrected chi connectivity index (χ3v) is 2.76. The lowest BCUT2D eigenvalue weighted by Crippen LogP contribution is -2.42. The average molecular weight is 248 g/mol. The van der Waals surface area contributed by atoms with Gasteiger partial charge in [-0.15, -0.1) is 0 Å². The fourth-order valence-corrected chi connectivity index (χ4v) is 1.79. The topological polar surface area (TPSA) is 32.3 Å². The van der Waals surface area contributed by atoms with Gasteiger partial charge in [0, 0.05) is 18.6 Å². The van der Waals surface area contributed by atoms with E-state index in [1.165, 1.54) is 5.56 Å². The number of hydrogen-bond acceptors (Lipinski definition) is 2. The molecule has 0 atom stereocenters. The van der Waals surface area contributed by atoms with Gasteiger partial charge < -0.3 is 5.32 Å². The van der Waals surface area contributed by atoms with E-state index in [1.54, 1.807) is 0 Å². The van der Waals surface area contributed by atoms with Crippen LogP contribution in [0.3, 0.4) is 0 Å². The molecule has 100 valence electrons. The maximum Gasteiger partial charge on any atom is 0.234 e. The van der Waals surface area contributed by atoms with Gasteiger partial charge in [-0.25, -0.2) is 0 Å². The summed E-state index contributed by atoms with van der Waals surface area (Å²) >= 11 is 0. The number of carbonyl (C=O) groups excluding carboxylic acids is 1. The van der Waals surface area contributed by atoms with Gasteiger partial charge in [-0.05, 0) is 33.3 Å². The van der Waals surface area contributed by atoms with Gasteiger partial charge in [0.1, 0.15) is 0 Å². The monoisotopic (exact) mass is 248 g/mol. The average Bonchev–Trinajstić information content (AvgIpc) is 2.28. The van der Waals surface area contributed by atoms with Gasteiger partial charge in [0.05, 0.1) is 6.54 Å². The van der Waals surface area contributed by atoms with Crippen LogP contribution in [0.15, 0.2) is 30.3 Å². The van der Waals surface area contributed by atoms with Crippen molar-refractivity contribution in [3.05, 3.63) is 35.9 Å². The first-order chi connectivity index (χ1) is 8.49. The summed E-state index contributed by atoms with van der Waals surface area (Å²) in [6.07, 6.45) is 0. The Morgan fingerprint density at radius 1 is 1.17 bits per heavy atom. The maximum atomic E-state index is 11.8. The molecule has 0 bridgehead atoms. The molecule has 0 saturated carbocycles. The third-order valence-electron chi connectivity index (χ3n) is 2.76. The zero-order valence-electron chi connectivity index (χ0n) is 11.8. The zero-order valence-corrected chi connectivity index (χ0v) is 11.8. The van der Waals surface area contributed by atoms with Gasteiger partial charge in [-0.2, -0.15) is 0 Å². The molecule has 3 heteroatoms. The minimum absolute atomic E-state index is 0.0923. The molecular formula is C15H24N2O. The molecule has 0 aliphatic carbocycles. The van der Waals surface area contributed by atoms with Gasteiger partial charge in [-0.1, -0.05) is 30.3 Å². The zero-order chi connectivity index (χ0) is 13.5. The molecule has 1 rings (SSSR count). The van der Waals surface area contributed by atoms with Crippen molar-refractivity contribution < 1.29 is 4.79 Å². The Kier molecular flexibility index (Phi) is 5.86. The molecule has 18 heavy (non-hydrogen) atoms. The van der Waals surface area contributed by atoms with Crippen LogP contribution in [-0.2, 0) is 11.3 Å². The number of rotatable bonds is 6. The highest BCUT2D eigenvalue weighted by atomic mass is 16.2. The number of hydrogen-bond donors (Lipinski definition) is 1. The van der Waals surface area contributed by atoms with Gasteiger partial charge >= 0.3 is 0 Å². The van der Waals surface area contributed by atoms with Gasteiger partial charge in [0.15, 0.2) is 0 Å². The van der Waals surface area contributed by atoms with Crippen molar-refractivity contribution >= 4 is 5.91 Å². The van der Waals surface area contributed by atoms with Crippen LogP contribution in [0.4, 0.5) is 0 Å². The van der Waals surface area contributed by atoms with Crippen molar-refractivity contribution in [2.75, 3.05) is 6.54 Å². The molecule has 0 aliphatic rings. The second-order valence-corrected chi connectivity index (χ2v) is 5.21. The Bertz CT molecular complexity index is 360. The number of carbonyl (C=O) groups is 1. The van der Waals surface area contributed by atoms with Crippen LogP contribution in [0.1, 0.15) is 33.3 Å². The quantitative estimate of drug-likeness (QED) is 0.838. The Morgan fingerprint density at radius 2 is 1.78 bits per heavy atom. The second-order valence-electron chi connectivity index (χ2n) is 5.21.